The third-order valence-electron chi connectivity index (χ3n) is 7.12. The highest BCUT2D eigenvalue weighted by Gasteiger charge is 2.41. The first-order valence-corrected chi connectivity index (χ1v) is 11.1. The molecule has 2 aliphatic heterocycles. The van der Waals surface area contributed by atoms with Crippen molar-refractivity contribution in [3.63, 3.8) is 0 Å². The molecule has 29 heavy (non-hydrogen) atoms. The van der Waals surface area contributed by atoms with Crippen molar-refractivity contribution in [2.45, 2.75) is 32.1 Å². The summed E-state index contributed by atoms with van der Waals surface area (Å²) in [5.41, 5.74) is 2.58. The molecule has 0 N–H and O–H groups in total. The van der Waals surface area contributed by atoms with Gasteiger partial charge in [-0.3, -0.25) is 0 Å². The van der Waals surface area contributed by atoms with E-state index in [1.54, 1.807) is 6.07 Å². The lowest BCUT2D eigenvalue weighted by Crippen LogP contribution is -2.31. The van der Waals surface area contributed by atoms with E-state index in [1.807, 2.05) is 12.1 Å². The van der Waals surface area contributed by atoms with E-state index < -0.39 is 0 Å². The van der Waals surface area contributed by atoms with E-state index in [2.05, 4.69) is 21.2 Å². The highest BCUT2D eigenvalue weighted by atomic mass is 19.1. The molecule has 3 atom stereocenters. The predicted molar refractivity (Wildman–Crippen MR) is 111 cm³/mol. The van der Waals surface area contributed by atoms with Crippen molar-refractivity contribution in [3.05, 3.63) is 47.9 Å². The Balaban J connectivity index is 1.13. The van der Waals surface area contributed by atoms with Gasteiger partial charge in [0.05, 0.1) is 11.4 Å². The highest BCUT2D eigenvalue weighted by Crippen LogP contribution is 2.43. The summed E-state index contributed by atoms with van der Waals surface area (Å²) < 4.78 is 18.9. The number of rotatable bonds is 5. The van der Waals surface area contributed by atoms with Crippen molar-refractivity contribution in [1.29, 1.82) is 0 Å². The molecule has 2 aromatic rings. The van der Waals surface area contributed by atoms with Gasteiger partial charge in [0.25, 0.3) is 0 Å². The molecule has 1 aliphatic carbocycles. The molecule has 3 heterocycles. The molecule has 1 saturated carbocycles. The molecule has 5 heteroatoms. The summed E-state index contributed by atoms with van der Waals surface area (Å²) in [6.45, 7) is 5.73. The van der Waals surface area contributed by atoms with E-state index in [0.717, 1.165) is 60.3 Å². The fourth-order valence-corrected chi connectivity index (χ4v) is 5.70. The van der Waals surface area contributed by atoms with Gasteiger partial charge in [0, 0.05) is 38.4 Å². The van der Waals surface area contributed by atoms with Crippen molar-refractivity contribution in [1.82, 2.24) is 15.1 Å². The average molecular weight is 396 g/mol. The van der Waals surface area contributed by atoms with Gasteiger partial charge in [-0.1, -0.05) is 12.1 Å². The van der Waals surface area contributed by atoms with E-state index in [-0.39, 0.29) is 5.82 Å². The van der Waals surface area contributed by atoms with Crippen LogP contribution in [0.25, 0.3) is 11.3 Å². The van der Waals surface area contributed by atoms with Gasteiger partial charge < -0.3 is 9.64 Å². The first-order chi connectivity index (χ1) is 14.2. The maximum absolute atomic E-state index is 13.4. The minimum Gasteiger partial charge on any atom is -0.381 e. The van der Waals surface area contributed by atoms with Crippen LogP contribution in [0, 0.1) is 29.5 Å². The van der Waals surface area contributed by atoms with E-state index in [4.69, 9.17) is 4.74 Å². The third kappa shape index (κ3) is 4.51. The van der Waals surface area contributed by atoms with Crippen LogP contribution in [0.1, 0.15) is 31.4 Å². The summed E-state index contributed by atoms with van der Waals surface area (Å²) in [6, 6.07) is 10.6. The lowest BCUT2D eigenvalue weighted by molar-refractivity contribution is 0.0544. The summed E-state index contributed by atoms with van der Waals surface area (Å²) in [5.74, 6) is 3.05. The molecule has 0 bridgehead atoms. The normalized spacial score (nSPS) is 28.0. The topological polar surface area (TPSA) is 38.2 Å². The molecular formula is C24H30FN3O. The number of benzene rings is 1. The van der Waals surface area contributed by atoms with E-state index in [9.17, 15) is 4.39 Å². The smallest absolute Gasteiger partial charge is 0.123 e. The van der Waals surface area contributed by atoms with Gasteiger partial charge in [-0.05, 0) is 80.0 Å². The van der Waals surface area contributed by atoms with Gasteiger partial charge in [-0.25, -0.2) is 4.39 Å². The maximum Gasteiger partial charge on any atom is 0.123 e. The van der Waals surface area contributed by atoms with Crippen LogP contribution in [0.4, 0.5) is 4.39 Å². The van der Waals surface area contributed by atoms with Crippen LogP contribution in [-0.4, -0.2) is 47.9 Å². The van der Waals surface area contributed by atoms with Crippen molar-refractivity contribution in [2.24, 2.45) is 23.7 Å². The second-order valence-corrected chi connectivity index (χ2v) is 9.26. The third-order valence-corrected chi connectivity index (χ3v) is 7.12. The maximum atomic E-state index is 13.4. The summed E-state index contributed by atoms with van der Waals surface area (Å²) in [4.78, 5) is 2.72. The van der Waals surface area contributed by atoms with Gasteiger partial charge in [0.15, 0.2) is 0 Å². The first-order valence-electron chi connectivity index (χ1n) is 11.1. The van der Waals surface area contributed by atoms with Crippen molar-refractivity contribution < 1.29 is 9.13 Å². The Morgan fingerprint density at radius 2 is 1.76 bits per heavy atom. The van der Waals surface area contributed by atoms with Crippen LogP contribution in [0.5, 0.6) is 0 Å². The number of hydrogen-bond acceptors (Lipinski definition) is 4. The molecule has 3 fully saturated rings. The second kappa shape index (κ2) is 8.49. The van der Waals surface area contributed by atoms with E-state index in [1.165, 1.54) is 57.5 Å². The molecular weight excluding hydrogens is 365 g/mol. The van der Waals surface area contributed by atoms with Crippen LogP contribution in [0.15, 0.2) is 36.4 Å². The van der Waals surface area contributed by atoms with Crippen molar-refractivity contribution in [2.75, 3.05) is 32.8 Å². The number of fused-ring (bicyclic) bond motifs is 1. The van der Waals surface area contributed by atoms with Gasteiger partial charge in [0.1, 0.15) is 5.82 Å². The van der Waals surface area contributed by atoms with Gasteiger partial charge in [0.2, 0.25) is 0 Å². The standard InChI is InChI=1S/C24H30FN3O/c25-22-3-1-2-19(13-22)24-5-4-23(26-27-24)12-18-10-20-15-28(16-21(20)11-18)14-17-6-8-29-9-7-17/h1-5,13,17-18,20-21H,6-12,14-16H2/t18?,20-,21+. The quantitative estimate of drug-likeness (QED) is 0.760. The number of hydrogen-bond donors (Lipinski definition) is 0. The van der Waals surface area contributed by atoms with Gasteiger partial charge >= 0.3 is 0 Å². The fraction of sp³-hybridized carbons (Fsp3) is 0.583. The average Bonchev–Trinajstić information content (AvgIpc) is 3.27. The summed E-state index contributed by atoms with van der Waals surface area (Å²) in [6.07, 6.45) is 6.13. The Hall–Kier alpha value is -1.85. The minimum atomic E-state index is -0.239. The number of aromatic nitrogens is 2. The van der Waals surface area contributed by atoms with Crippen molar-refractivity contribution in [3.8, 4) is 11.3 Å². The van der Waals surface area contributed by atoms with E-state index in [0.29, 0.717) is 0 Å². The zero-order valence-corrected chi connectivity index (χ0v) is 17.0. The second-order valence-electron chi connectivity index (χ2n) is 9.26. The predicted octanol–water partition coefficient (Wildman–Crippen LogP) is 4.21. The Morgan fingerprint density at radius 1 is 0.966 bits per heavy atom. The summed E-state index contributed by atoms with van der Waals surface area (Å²) in [7, 11) is 0. The van der Waals surface area contributed by atoms with Gasteiger partial charge in [-0.15, -0.1) is 0 Å². The molecule has 0 amide bonds. The van der Waals surface area contributed by atoms with Crippen LogP contribution in [-0.2, 0) is 11.2 Å². The van der Waals surface area contributed by atoms with Crippen LogP contribution >= 0.6 is 0 Å². The SMILES string of the molecule is Fc1cccc(-c2ccc(CC3C[C@@H]4CN(CC5CCOCC5)C[C@@H]4C3)nn2)c1. The van der Waals surface area contributed by atoms with Crippen LogP contribution in [0.3, 0.4) is 0 Å². The molecule has 0 radical (unpaired) electrons. The molecule has 1 aromatic heterocycles. The number of nitrogens with zero attached hydrogens (tertiary/aromatic N) is 3. The minimum absolute atomic E-state index is 0.239. The lowest BCUT2D eigenvalue weighted by atomic mass is 9.98. The zero-order valence-electron chi connectivity index (χ0n) is 17.0. The molecule has 3 aliphatic rings. The van der Waals surface area contributed by atoms with Gasteiger partial charge in [-0.2, -0.15) is 10.2 Å². The molecule has 2 saturated heterocycles. The number of halogens is 1. The Kier molecular flexibility index (Phi) is 5.60. The molecule has 4 nitrogen and oxygen atoms in total. The lowest BCUT2D eigenvalue weighted by Gasteiger charge is -2.27. The Morgan fingerprint density at radius 3 is 2.45 bits per heavy atom. The molecule has 1 aromatic carbocycles. The van der Waals surface area contributed by atoms with Crippen LogP contribution < -0.4 is 0 Å². The fourth-order valence-electron chi connectivity index (χ4n) is 5.70. The van der Waals surface area contributed by atoms with E-state index >= 15 is 0 Å². The number of likely N-dealkylation sites (tertiary alicyclic amines) is 1. The Bertz CT molecular complexity index is 807. The molecule has 0 spiro atoms. The molecule has 1 unspecified atom stereocenters. The van der Waals surface area contributed by atoms with Crippen LogP contribution in [0.2, 0.25) is 0 Å². The molecule has 5 rings (SSSR count). The first kappa shape index (κ1) is 19.1. The zero-order chi connectivity index (χ0) is 19.6. The molecule has 154 valence electrons. The summed E-state index contributed by atoms with van der Waals surface area (Å²) >= 11 is 0. The number of ether oxygens (including phenoxy) is 1. The largest absolute Gasteiger partial charge is 0.381 e. The highest BCUT2D eigenvalue weighted by molar-refractivity contribution is 5.58. The summed E-state index contributed by atoms with van der Waals surface area (Å²) in [5, 5.41) is 8.79. The monoisotopic (exact) mass is 395 g/mol. The van der Waals surface area contributed by atoms with Crippen molar-refractivity contribution >= 4 is 0 Å². The Labute approximate surface area is 172 Å².